The second kappa shape index (κ2) is 5.21. The number of hydrogen-bond donors (Lipinski definition) is 2. The van der Waals surface area contributed by atoms with Gasteiger partial charge < -0.3 is 4.74 Å². The predicted octanol–water partition coefficient (Wildman–Crippen LogP) is 1.01. The quantitative estimate of drug-likeness (QED) is 0.573. The van der Waals surface area contributed by atoms with Gasteiger partial charge in [0, 0.05) is 25.6 Å². The molecular formula is C11H17N3O. The Morgan fingerprint density at radius 2 is 2.27 bits per heavy atom. The fourth-order valence-corrected chi connectivity index (χ4v) is 2.11. The second-order valence-corrected chi connectivity index (χ2v) is 3.88. The lowest BCUT2D eigenvalue weighted by atomic mass is 9.88. The average Bonchev–Trinajstić information content (AvgIpc) is 2.33. The summed E-state index contributed by atoms with van der Waals surface area (Å²) in [5.41, 5.74) is 4.05. The van der Waals surface area contributed by atoms with Crippen molar-refractivity contribution in [2.45, 2.75) is 18.9 Å². The van der Waals surface area contributed by atoms with Gasteiger partial charge in [-0.3, -0.25) is 16.3 Å². The van der Waals surface area contributed by atoms with Crippen LogP contribution in [0.5, 0.6) is 0 Å². The molecule has 0 bridgehead atoms. The first kappa shape index (κ1) is 10.5. The van der Waals surface area contributed by atoms with E-state index in [-0.39, 0.29) is 6.04 Å². The van der Waals surface area contributed by atoms with Gasteiger partial charge in [-0.05, 0) is 30.4 Å². The molecule has 3 N–H and O–H groups in total. The molecule has 0 radical (unpaired) electrons. The molecule has 1 atom stereocenters. The monoisotopic (exact) mass is 207 g/mol. The van der Waals surface area contributed by atoms with Crippen molar-refractivity contribution in [3.63, 3.8) is 0 Å². The molecule has 0 aromatic carbocycles. The summed E-state index contributed by atoms with van der Waals surface area (Å²) >= 11 is 0. The van der Waals surface area contributed by atoms with Crippen LogP contribution in [0.4, 0.5) is 0 Å². The molecule has 1 fully saturated rings. The van der Waals surface area contributed by atoms with E-state index in [9.17, 15) is 0 Å². The summed E-state index contributed by atoms with van der Waals surface area (Å²) in [6.45, 7) is 1.67. The van der Waals surface area contributed by atoms with E-state index in [4.69, 9.17) is 10.6 Å². The SMILES string of the molecule is NNC(c1cccnc1)C1CCOCC1. The van der Waals surface area contributed by atoms with Crippen molar-refractivity contribution in [2.75, 3.05) is 13.2 Å². The maximum Gasteiger partial charge on any atom is 0.0505 e. The summed E-state index contributed by atoms with van der Waals surface area (Å²) in [6.07, 6.45) is 5.77. The van der Waals surface area contributed by atoms with Crippen LogP contribution in [0.25, 0.3) is 0 Å². The summed E-state index contributed by atoms with van der Waals surface area (Å²) in [5.74, 6) is 6.17. The average molecular weight is 207 g/mol. The molecule has 1 saturated heterocycles. The first-order valence-corrected chi connectivity index (χ1v) is 5.35. The molecule has 1 aliphatic rings. The largest absolute Gasteiger partial charge is 0.381 e. The van der Waals surface area contributed by atoms with Crippen molar-refractivity contribution in [1.29, 1.82) is 0 Å². The molecule has 0 saturated carbocycles. The predicted molar refractivity (Wildman–Crippen MR) is 57.8 cm³/mol. The zero-order chi connectivity index (χ0) is 10.5. The first-order valence-electron chi connectivity index (χ1n) is 5.35. The van der Waals surface area contributed by atoms with Gasteiger partial charge in [-0.15, -0.1) is 0 Å². The highest BCUT2D eigenvalue weighted by Gasteiger charge is 2.24. The summed E-state index contributed by atoms with van der Waals surface area (Å²) in [7, 11) is 0. The van der Waals surface area contributed by atoms with Gasteiger partial charge in [0.2, 0.25) is 0 Å². The van der Waals surface area contributed by atoms with Gasteiger partial charge >= 0.3 is 0 Å². The fourth-order valence-electron chi connectivity index (χ4n) is 2.11. The van der Waals surface area contributed by atoms with Crippen molar-refractivity contribution in [1.82, 2.24) is 10.4 Å². The van der Waals surface area contributed by atoms with Crippen LogP contribution in [0.15, 0.2) is 24.5 Å². The zero-order valence-electron chi connectivity index (χ0n) is 8.73. The number of nitrogens with zero attached hydrogens (tertiary/aromatic N) is 1. The third-order valence-electron chi connectivity index (χ3n) is 2.96. The molecule has 2 heterocycles. The van der Waals surface area contributed by atoms with Crippen LogP contribution in [0.3, 0.4) is 0 Å². The van der Waals surface area contributed by atoms with Crippen LogP contribution >= 0.6 is 0 Å². The maximum atomic E-state index is 5.62. The smallest absolute Gasteiger partial charge is 0.0505 e. The van der Waals surface area contributed by atoms with Crippen LogP contribution in [-0.4, -0.2) is 18.2 Å². The fraction of sp³-hybridized carbons (Fsp3) is 0.545. The Morgan fingerprint density at radius 1 is 1.47 bits per heavy atom. The molecule has 0 spiro atoms. The van der Waals surface area contributed by atoms with Crippen molar-refractivity contribution < 1.29 is 4.74 Å². The third-order valence-corrected chi connectivity index (χ3v) is 2.96. The van der Waals surface area contributed by atoms with E-state index in [0.29, 0.717) is 5.92 Å². The Morgan fingerprint density at radius 3 is 2.87 bits per heavy atom. The van der Waals surface area contributed by atoms with E-state index in [1.165, 1.54) is 0 Å². The van der Waals surface area contributed by atoms with Gasteiger partial charge in [0.25, 0.3) is 0 Å². The highest BCUT2D eigenvalue weighted by molar-refractivity contribution is 5.14. The molecule has 1 aliphatic heterocycles. The number of nitrogens with two attached hydrogens (primary N) is 1. The lowest BCUT2D eigenvalue weighted by Crippen LogP contribution is -2.36. The van der Waals surface area contributed by atoms with Gasteiger partial charge in [-0.1, -0.05) is 6.07 Å². The highest BCUT2D eigenvalue weighted by Crippen LogP contribution is 2.28. The van der Waals surface area contributed by atoms with Crippen LogP contribution < -0.4 is 11.3 Å². The Balaban J connectivity index is 2.09. The molecule has 0 aliphatic carbocycles. The van der Waals surface area contributed by atoms with Gasteiger partial charge in [-0.25, -0.2) is 0 Å². The number of ether oxygens (including phenoxy) is 1. The highest BCUT2D eigenvalue weighted by atomic mass is 16.5. The lowest BCUT2D eigenvalue weighted by molar-refractivity contribution is 0.0536. The molecule has 2 rings (SSSR count). The van der Waals surface area contributed by atoms with Crippen molar-refractivity contribution >= 4 is 0 Å². The van der Waals surface area contributed by atoms with Crippen LogP contribution in [-0.2, 0) is 4.74 Å². The molecule has 15 heavy (non-hydrogen) atoms. The Hall–Kier alpha value is -0.970. The summed E-state index contributed by atoms with van der Waals surface area (Å²) < 4.78 is 5.35. The Bertz CT molecular complexity index is 285. The number of aromatic nitrogens is 1. The molecule has 4 heteroatoms. The number of pyridine rings is 1. The first-order chi connectivity index (χ1) is 7.42. The number of rotatable bonds is 3. The minimum atomic E-state index is 0.197. The minimum absolute atomic E-state index is 0.197. The van der Waals surface area contributed by atoms with E-state index in [0.717, 1.165) is 31.6 Å². The summed E-state index contributed by atoms with van der Waals surface area (Å²) in [5, 5.41) is 0. The normalized spacial score (nSPS) is 20.1. The van der Waals surface area contributed by atoms with E-state index >= 15 is 0 Å². The Labute approximate surface area is 89.8 Å². The van der Waals surface area contributed by atoms with Gasteiger partial charge in [-0.2, -0.15) is 0 Å². The van der Waals surface area contributed by atoms with Crippen LogP contribution in [0.1, 0.15) is 24.4 Å². The third kappa shape index (κ3) is 2.53. The van der Waals surface area contributed by atoms with E-state index in [1.54, 1.807) is 6.20 Å². The number of hydrogen-bond acceptors (Lipinski definition) is 4. The van der Waals surface area contributed by atoms with E-state index in [1.807, 2.05) is 12.3 Å². The molecule has 0 amide bonds. The molecule has 82 valence electrons. The minimum Gasteiger partial charge on any atom is -0.381 e. The maximum absolute atomic E-state index is 5.62. The van der Waals surface area contributed by atoms with Gasteiger partial charge in [0.1, 0.15) is 0 Å². The van der Waals surface area contributed by atoms with Gasteiger partial charge in [0.05, 0.1) is 6.04 Å². The summed E-state index contributed by atoms with van der Waals surface area (Å²) in [4.78, 5) is 4.12. The number of hydrazine groups is 1. The molecular weight excluding hydrogens is 190 g/mol. The molecule has 1 unspecified atom stereocenters. The van der Waals surface area contributed by atoms with E-state index in [2.05, 4.69) is 16.5 Å². The van der Waals surface area contributed by atoms with Crippen LogP contribution in [0, 0.1) is 5.92 Å². The standard InChI is InChI=1S/C11H17N3O/c12-14-11(9-3-6-15-7-4-9)10-2-1-5-13-8-10/h1-2,5,8-9,11,14H,3-4,6-7,12H2. The van der Waals surface area contributed by atoms with Gasteiger partial charge in [0.15, 0.2) is 0 Å². The Kier molecular flexibility index (Phi) is 3.66. The van der Waals surface area contributed by atoms with Crippen molar-refractivity contribution in [2.24, 2.45) is 11.8 Å². The molecule has 1 aromatic heterocycles. The second-order valence-electron chi connectivity index (χ2n) is 3.88. The number of nitrogens with one attached hydrogen (secondary N) is 1. The van der Waals surface area contributed by atoms with Crippen molar-refractivity contribution in [3.05, 3.63) is 30.1 Å². The summed E-state index contributed by atoms with van der Waals surface area (Å²) in [6, 6.07) is 4.20. The topological polar surface area (TPSA) is 60.2 Å². The molecule has 1 aromatic rings. The lowest BCUT2D eigenvalue weighted by Gasteiger charge is -2.29. The molecule has 4 nitrogen and oxygen atoms in total. The van der Waals surface area contributed by atoms with Crippen molar-refractivity contribution in [3.8, 4) is 0 Å². The zero-order valence-corrected chi connectivity index (χ0v) is 8.73. The van der Waals surface area contributed by atoms with Crippen LogP contribution in [0.2, 0.25) is 0 Å². The van der Waals surface area contributed by atoms with E-state index < -0.39 is 0 Å².